The lowest BCUT2D eigenvalue weighted by atomic mass is 10.0. The third-order valence-electron chi connectivity index (χ3n) is 4.27. The topological polar surface area (TPSA) is 109 Å². The summed E-state index contributed by atoms with van der Waals surface area (Å²) in [4.78, 5) is 23.6. The van der Waals surface area contributed by atoms with E-state index >= 15 is 0 Å². The van der Waals surface area contributed by atoms with E-state index in [1.165, 1.54) is 6.07 Å². The van der Waals surface area contributed by atoms with E-state index in [-0.39, 0.29) is 17.4 Å². The summed E-state index contributed by atoms with van der Waals surface area (Å²) in [6.45, 7) is 5.32. The Morgan fingerprint density at radius 2 is 1.76 bits per heavy atom. The van der Waals surface area contributed by atoms with Gasteiger partial charge in [0.1, 0.15) is 11.3 Å². The maximum absolute atomic E-state index is 12.1. The molecule has 0 atom stereocenters. The number of rotatable bonds is 5. The zero-order valence-electron chi connectivity index (χ0n) is 16.2. The number of nitrogens with zero attached hydrogens (tertiary/aromatic N) is 2. The summed E-state index contributed by atoms with van der Waals surface area (Å²) in [6.07, 6.45) is -0.254. The van der Waals surface area contributed by atoms with Crippen molar-refractivity contribution in [2.45, 2.75) is 26.9 Å². The van der Waals surface area contributed by atoms with E-state index < -0.39 is 17.7 Å². The Balaban J connectivity index is 2.09. The second kappa shape index (κ2) is 8.10. The molecule has 7 heteroatoms. The summed E-state index contributed by atoms with van der Waals surface area (Å²) >= 11 is 0. The van der Waals surface area contributed by atoms with Gasteiger partial charge in [0.15, 0.2) is 5.75 Å². The number of benzene rings is 3. The molecule has 0 unspecified atom stereocenters. The summed E-state index contributed by atoms with van der Waals surface area (Å²) < 4.78 is 5.20. The number of phenols is 1. The zero-order valence-corrected chi connectivity index (χ0v) is 16.2. The molecule has 0 aromatic heterocycles. The Bertz CT molecular complexity index is 1140. The number of esters is 1. The van der Waals surface area contributed by atoms with E-state index in [2.05, 4.69) is 10.2 Å². The van der Waals surface area contributed by atoms with E-state index in [4.69, 9.17) is 4.74 Å². The third kappa shape index (κ3) is 4.24. The van der Waals surface area contributed by atoms with Crippen LogP contribution in [-0.4, -0.2) is 28.3 Å². The monoisotopic (exact) mass is 392 g/mol. The average Bonchev–Trinajstić information content (AvgIpc) is 2.67. The minimum Gasteiger partial charge on any atom is -0.505 e. The molecule has 0 spiro atoms. The van der Waals surface area contributed by atoms with Crippen LogP contribution in [0.15, 0.2) is 58.8 Å². The van der Waals surface area contributed by atoms with Crippen LogP contribution in [0.5, 0.6) is 5.75 Å². The number of aromatic carboxylic acids is 1. The van der Waals surface area contributed by atoms with Crippen molar-refractivity contribution in [2.24, 2.45) is 10.2 Å². The van der Waals surface area contributed by atoms with Gasteiger partial charge in [-0.15, -0.1) is 5.11 Å². The molecular formula is C22H20N2O5. The Hall–Kier alpha value is -3.74. The molecular weight excluding hydrogens is 372 g/mol. The molecule has 0 saturated heterocycles. The number of azo groups is 1. The van der Waals surface area contributed by atoms with Crippen molar-refractivity contribution in [1.29, 1.82) is 0 Å². The average molecular weight is 392 g/mol. The lowest BCUT2D eigenvalue weighted by molar-refractivity contribution is 0.0377. The zero-order chi connectivity index (χ0) is 21.1. The van der Waals surface area contributed by atoms with Gasteiger partial charge >= 0.3 is 11.9 Å². The summed E-state index contributed by atoms with van der Waals surface area (Å²) in [5, 5.41) is 29.3. The molecule has 2 N–H and O–H groups in total. The van der Waals surface area contributed by atoms with Crippen molar-refractivity contribution >= 4 is 34.1 Å². The predicted octanol–water partition coefficient (Wildman–Crippen LogP) is 5.53. The van der Waals surface area contributed by atoms with E-state index in [9.17, 15) is 19.8 Å². The van der Waals surface area contributed by atoms with E-state index in [0.717, 1.165) is 5.56 Å². The van der Waals surface area contributed by atoms with Crippen LogP contribution in [0.1, 0.15) is 40.1 Å². The first-order chi connectivity index (χ1) is 13.8. The van der Waals surface area contributed by atoms with Crippen molar-refractivity contribution < 1.29 is 24.5 Å². The summed E-state index contributed by atoms with van der Waals surface area (Å²) in [5.41, 5.74) is 1.28. The smallest absolute Gasteiger partial charge is 0.339 e. The molecule has 3 rings (SSSR count). The Labute approximate surface area is 167 Å². The highest BCUT2D eigenvalue weighted by molar-refractivity contribution is 6.04. The highest BCUT2D eigenvalue weighted by Crippen LogP contribution is 2.39. The van der Waals surface area contributed by atoms with Gasteiger partial charge in [0.2, 0.25) is 0 Å². The Morgan fingerprint density at radius 3 is 2.45 bits per heavy atom. The number of ether oxygens (including phenoxy) is 1. The van der Waals surface area contributed by atoms with Gasteiger partial charge in [-0.05, 0) is 49.9 Å². The fourth-order valence-electron chi connectivity index (χ4n) is 2.81. The number of aromatic hydroxyl groups is 1. The molecule has 0 saturated carbocycles. The fraction of sp³-hybridized carbons (Fsp3) is 0.182. The van der Waals surface area contributed by atoms with Crippen LogP contribution in [-0.2, 0) is 4.74 Å². The molecule has 7 nitrogen and oxygen atoms in total. The number of hydrogen-bond donors (Lipinski definition) is 2. The number of aryl methyl sites for hydroxylation is 1. The Kier molecular flexibility index (Phi) is 5.59. The molecule has 0 amide bonds. The minimum atomic E-state index is -1.26. The number of hydrogen-bond acceptors (Lipinski definition) is 6. The van der Waals surface area contributed by atoms with Gasteiger partial charge in [-0.1, -0.05) is 30.3 Å². The molecule has 0 aliphatic carbocycles. The van der Waals surface area contributed by atoms with Crippen molar-refractivity contribution in [2.75, 3.05) is 0 Å². The number of fused-ring (bicyclic) bond motifs is 1. The van der Waals surface area contributed by atoms with Gasteiger partial charge in [-0.2, -0.15) is 5.11 Å². The predicted molar refractivity (Wildman–Crippen MR) is 108 cm³/mol. The molecule has 0 heterocycles. The molecule has 148 valence electrons. The number of carboxylic acids is 1. The first kappa shape index (κ1) is 20.0. The van der Waals surface area contributed by atoms with Crippen molar-refractivity contribution in [3.8, 4) is 5.75 Å². The second-order valence-corrected chi connectivity index (χ2v) is 6.80. The molecule has 0 aliphatic heterocycles. The maximum Gasteiger partial charge on any atom is 0.339 e. The molecule has 3 aromatic carbocycles. The van der Waals surface area contributed by atoms with Crippen molar-refractivity contribution in [1.82, 2.24) is 0 Å². The first-order valence-electron chi connectivity index (χ1n) is 8.99. The molecule has 3 aromatic rings. The van der Waals surface area contributed by atoms with Crippen LogP contribution in [0.3, 0.4) is 0 Å². The summed E-state index contributed by atoms with van der Waals surface area (Å²) in [7, 11) is 0. The van der Waals surface area contributed by atoms with Crippen molar-refractivity contribution in [3.05, 3.63) is 65.2 Å². The molecule has 0 bridgehead atoms. The summed E-state index contributed by atoms with van der Waals surface area (Å²) in [5.74, 6) is -2.20. The quantitative estimate of drug-likeness (QED) is 0.438. The van der Waals surface area contributed by atoms with E-state index in [1.54, 1.807) is 63.2 Å². The van der Waals surface area contributed by atoms with Crippen molar-refractivity contribution in [3.63, 3.8) is 0 Å². The van der Waals surface area contributed by atoms with Crippen LogP contribution < -0.4 is 0 Å². The normalized spacial score (nSPS) is 11.3. The molecule has 0 aliphatic rings. The van der Waals surface area contributed by atoms with Gasteiger partial charge in [-0.3, -0.25) is 0 Å². The fourth-order valence-corrected chi connectivity index (χ4v) is 2.81. The lowest BCUT2D eigenvalue weighted by Gasteiger charge is -2.09. The van der Waals surface area contributed by atoms with Crippen LogP contribution in [0.25, 0.3) is 10.8 Å². The highest BCUT2D eigenvalue weighted by atomic mass is 16.5. The van der Waals surface area contributed by atoms with Crippen LogP contribution >= 0.6 is 0 Å². The molecule has 0 radical (unpaired) electrons. The standard InChI is InChI=1S/C22H20N2O5/c1-12(2)29-22(28)15-9-8-13(3)18(11-15)23-24-19-16-7-5-4-6-14(16)10-17(20(19)25)21(26)27/h4-12,25H,1-3H3,(H,26,27). The Morgan fingerprint density at radius 1 is 1.03 bits per heavy atom. The van der Waals surface area contributed by atoms with Gasteiger partial charge in [-0.25, -0.2) is 9.59 Å². The minimum absolute atomic E-state index is 0.0510. The van der Waals surface area contributed by atoms with E-state index in [0.29, 0.717) is 22.0 Å². The SMILES string of the molecule is Cc1ccc(C(=O)OC(C)C)cc1N=Nc1c(O)c(C(=O)O)cc2ccccc12. The van der Waals surface area contributed by atoms with E-state index in [1.807, 2.05) is 0 Å². The number of carbonyl (C=O) groups excluding carboxylic acids is 1. The molecule has 29 heavy (non-hydrogen) atoms. The van der Waals surface area contributed by atoms with Gasteiger partial charge in [0.25, 0.3) is 0 Å². The first-order valence-corrected chi connectivity index (χ1v) is 8.99. The largest absolute Gasteiger partial charge is 0.505 e. The van der Waals surface area contributed by atoms with Gasteiger partial charge < -0.3 is 14.9 Å². The van der Waals surface area contributed by atoms with Crippen LogP contribution in [0.4, 0.5) is 11.4 Å². The highest BCUT2D eigenvalue weighted by Gasteiger charge is 2.18. The lowest BCUT2D eigenvalue weighted by Crippen LogP contribution is -2.11. The summed E-state index contributed by atoms with van der Waals surface area (Å²) in [6, 6.07) is 13.3. The second-order valence-electron chi connectivity index (χ2n) is 6.80. The third-order valence-corrected chi connectivity index (χ3v) is 4.27. The van der Waals surface area contributed by atoms with Crippen LogP contribution in [0, 0.1) is 6.92 Å². The van der Waals surface area contributed by atoms with Gasteiger partial charge in [0.05, 0.1) is 17.4 Å². The number of carbonyl (C=O) groups is 2. The molecule has 0 fully saturated rings. The number of carboxylic acid groups (broad SMARTS) is 1. The van der Waals surface area contributed by atoms with Crippen LogP contribution in [0.2, 0.25) is 0 Å². The van der Waals surface area contributed by atoms with Gasteiger partial charge in [0, 0.05) is 5.39 Å². The maximum atomic E-state index is 12.1.